The van der Waals surface area contributed by atoms with Crippen molar-refractivity contribution in [1.29, 1.82) is 0 Å². The number of aromatic amines is 1. The minimum absolute atomic E-state index is 0.0987. The van der Waals surface area contributed by atoms with Crippen LogP contribution in [0.25, 0.3) is 10.2 Å². The fraction of sp³-hybridized carbons (Fsp3) is 0.458. The first-order valence-corrected chi connectivity index (χ1v) is 11.6. The highest BCUT2D eigenvalue weighted by Crippen LogP contribution is 2.41. The zero-order chi connectivity index (χ0) is 22.2. The van der Waals surface area contributed by atoms with Crippen molar-refractivity contribution in [2.24, 2.45) is 11.3 Å². The Hall–Kier alpha value is -2.54. The molecule has 0 bridgehead atoms. The van der Waals surface area contributed by atoms with E-state index < -0.39 is 0 Å². The average Bonchev–Trinajstić information content (AvgIpc) is 3.09. The molecule has 1 unspecified atom stereocenters. The van der Waals surface area contributed by atoms with Crippen molar-refractivity contribution in [3.05, 3.63) is 62.3 Å². The van der Waals surface area contributed by atoms with Crippen LogP contribution < -0.4 is 10.9 Å². The lowest BCUT2D eigenvalue weighted by Crippen LogP contribution is -2.26. The average molecular weight is 442 g/mol. The van der Waals surface area contributed by atoms with Crippen LogP contribution in [0.3, 0.4) is 0 Å². The zero-order valence-electron chi connectivity index (χ0n) is 18.2. The van der Waals surface area contributed by atoms with E-state index in [0.29, 0.717) is 24.7 Å². The quantitative estimate of drug-likeness (QED) is 0.611. The molecule has 5 nitrogen and oxygen atoms in total. The minimum atomic E-state index is -0.301. The Morgan fingerprint density at radius 1 is 1.29 bits per heavy atom. The Morgan fingerprint density at radius 2 is 2.03 bits per heavy atom. The molecule has 7 heteroatoms. The molecule has 2 aromatic heterocycles. The number of hydrogen-bond donors (Lipinski definition) is 2. The van der Waals surface area contributed by atoms with Gasteiger partial charge in [-0.25, -0.2) is 9.37 Å². The van der Waals surface area contributed by atoms with Crippen LogP contribution in [0, 0.1) is 17.2 Å². The Bertz CT molecular complexity index is 1160. The second kappa shape index (κ2) is 8.54. The summed E-state index contributed by atoms with van der Waals surface area (Å²) in [6, 6.07) is 6.03. The van der Waals surface area contributed by atoms with Crippen LogP contribution >= 0.6 is 11.3 Å². The molecular formula is C24H28FN3O2S. The second-order valence-electron chi connectivity index (χ2n) is 9.41. The molecule has 3 aromatic rings. The number of nitrogens with zero attached hydrogens (tertiary/aromatic N) is 1. The molecule has 164 valence electrons. The molecule has 31 heavy (non-hydrogen) atoms. The van der Waals surface area contributed by atoms with Crippen LogP contribution in [0.5, 0.6) is 0 Å². The van der Waals surface area contributed by atoms with Crippen LogP contribution in [0.2, 0.25) is 0 Å². The largest absolute Gasteiger partial charge is 0.352 e. The lowest BCUT2D eigenvalue weighted by molar-refractivity contribution is -0.121. The summed E-state index contributed by atoms with van der Waals surface area (Å²) in [5, 5.41) is 3.55. The maximum Gasteiger partial charge on any atom is 0.259 e. The van der Waals surface area contributed by atoms with E-state index in [2.05, 4.69) is 36.1 Å². The summed E-state index contributed by atoms with van der Waals surface area (Å²) in [6.07, 6.45) is 3.62. The summed E-state index contributed by atoms with van der Waals surface area (Å²) in [5.74, 6) is 0.715. The molecule has 0 fully saturated rings. The fourth-order valence-electron chi connectivity index (χ4n) is 4.21. The Balaban J connectivity index is 1.43. The minimum Gasteiger partial charge on any atom is -0.352 e. The molecule has 2 heterocycles. The lowest BCUT2D eigenvalue weighted by atomic mass is 9.72. The molecule has 1 aliphatic carbocycles. The number of fused-ring (bicyclic) bond motifs is 3. The van der Waals surface area contributed by atoms with Gasteiger partial charge in [-0.05, 0) is 53.9 Å². The molecule has 0 radical (unpaired) electrons. The molecule has 0 aliphatic heterocycles. The van der Waals surface area contributed by atoms with E-state index in [1.807, 2.05) is 0 Å². The first-order valence-electron chi connectivity index (χ1n) is 10.8. The summed E-state index contributed by atoms with van der Waals surface area (Å²) in [4.78, 5) is 34.6. The van der Waals surface area contributed by atoms with E-state index in [4.69, 9.17) is 0 Å². The number of amides is 1. The summed E-state index contributed by atoms with van der Waals surface area (Å²) in [5.41, 5.74) is 2.15. The van der Waals surface area contributed by atoms with Gasteiger partial charge in [0.05, 0.1) is 5.39 Å². The maximum atomic E-state index is 13.0. The standard InChI is InChI=1S/C24H28FN3O2S/c1-24(2,3)15-6-9-17-18(12-15)31-23-21(17)22(30)27-19(28-23)10-11-20(29)26-13-14-4-7-16(25)8-5-14/h4-5,7-8,15H,6,9-13H2,1-3H3,(H,26,29)(H,27,28,30). The highest BCUT2D eigenvalue weighted by Gasteiger charge is 2.31. The smallest absolute Gasteiger partial charge is 0.259 e. The van der Waals surface area contributed by atoms with Gasteiger partial charge in [-0.2, -0.15) is 0 Å². The number of thiophene rings is 1. The third kappa shape index (κ3) is 4.87. The molecule has 2 N–H and O–H groups in total. The Morgan fingerprint density at radius 3 is 2.74 bits per heavy atom. The van der Waals surface area contributed by atoms with Gasteiger partial charge in [-0.1, -0.05) is 32.9 Å². The van der Waals surface area contributed by atoms with Crippen molar-refractivity contribution in [2.45, 2.75) is 59.4 Å². The highest BCUT2D eigenvalue weighted by molar-refractivity contribution is 7.18. The van der Waals surface area contributed by atoms with E-state index in [1.165, 1.54) is 17.0 Å². The third-order valence-electron chi connectivity index (χ3n) is 6.18. The Kier molecular flexibility index (Phi) is 5.97. The van der Waals surface area contributed by atoms with Crippen molar-refractivity contribution >= 4 is 27.5 Å². The molecule has 1 aliphatic rings. The molecule has 1 atom stereocenters. The Labute approximate surface area is 185 Å². The molecule has 0 saturated carbocycles. The van der Waals surface area contributed by atoms with Crippen molar-refractivity contribution in [2.75, 3.05) is 0 Å². The van der Waals surface area contributed by atoms with Crippen LogP contribution in [0.4, 0.5) is 4.39 Å². The van der Waals surface area contributed by atoms with Gasteiger partial charge in [0.25, 0.3) is 5.56 Å². The van der Waals surface area contributed by atoms with E-state index in [0.717, 1.165) is 40.6 Å². The van der Waals surface area contributed by atoms with Crippen molar-refractivity contribution < 1.29 is 9.18 Å². The highest BCUT2D eigenvalue weighted by atomic mass is 32.1. The molecule has 0 spiro atoms. The van der Waals surface area contributed by atoms with E-state index in [1.54, 1.807) is 23.5 Å². The summed E-state index contributed by atoms with van der Waals surface area (Å²) < 4.78 is 13.0. The van der Waals surface area contributed by atoms with Crippen LogP contribution in [-0.2, 0) is 30.6 Å². The monoisotopic (exact) mass is 441 g/mol. The summed E-state index contributed by atoms with van der Waals surface area (Å²) in [7, 11) is 0. The topological polar surface area (TPSA) is 74.8 Å². The molecule has 1 amide bonds. The number of H-pyrrole nitrogens is 1. The van der Waals surface area contributed by atoms with Gasteiger partial charge in [0.1, 0.15) is 16.5 Å². The predicted octanol–water partition coefficient (Wildman–Crippen LogP) is 4.52. The van der Waals surface area contributed by atoms with Gasteiger partial charge < -0.3 is 10.3 Å². The first-order chi connectivity index (χ1) is 14.7. The first kappa shape index (κ1) is 21.7. The van der Waals surface area contributed by atoms with E-state index in [9.17, 15) is 14.0 Å². The van der Waals surface area contributed by atoms with Gasteiger partial charge in [-0.15, -0.1) is 11.3 Å². The van der Waals surface area contributed by atoms with Gasteiger partial charge in [0.2, 0.25) is 5.91 Å². The number of nitrogens with one attached hydrogen (secondary N) is 2. The number of carbonyl (C=O) groups is 1. The van der Waals surface area contributed by atoms with Crippen LogP contribution in [0.1, 0.15) is 55.4 Å². The van der Waals surface area contributed by atoms with E-state index in [-0.39, 0.29) is 29.1 Å². The number of halogens is 1. The SMILES string of the molecule is CC(C)(C)C1CCc2c(sc3nc(CCC(=O)NCc4ccc(F)cc4)[nH]c(=O)c23)C1. The van der Waals surface area contributed by atoms with Gasteiger partial charge in [-0.3, -0.25) is 9.59 Å². The van der Waals surface area contributed by atoms with Gasteiger partial charge in [0.15, 0.2) is 0 Å². The second-order valence-corrected chi connectivity index (χ2v) is 10.5. The van der Waals surface area contributed by atoms with E-state index >= 15 is 0 Å². The van der Waals surface area contributed by atoms with Gasteiger partial charge in [0, 0.05) is 24.3 Å². The zero-order valence-corrected chi connectivity index (χ0v) is 19.0. The number of hydrogen-bond acceptors (Lipinski definition) is 4. The van der Waals surface area contributed by atoms with Crippen molar-refractivity contribution in [1.82, 2.24) is 15.3 Å². The summed E-state index contributed by atoms with van der Waals surface area (Å²) in [6.45, 7) is 7.18. The molecule has 4 rings (SSSR count). The third-order valence-corrected chi connectivity index (χ3v) is 7.33. The number of rotatable bonds is 5. The normalized spacial score (nSPS) is 16.3. The molecular weight excluding hydrogens is 413 g/mol. The van der Waals surface area contributed by atoms with Crippen LogP contribution in [-0.4, -0.2) is 15.9 Å². The van der Waals surface area contributed by atoms with Crippen molar-refractivity contribution in [3.63, 3.8) is 0 Å². The maximum absolute atomic E-state index is 13.0. The molecule has 0 saturated heterocycles. The number of aryl methyl sites for hydroxylation is 2. The number of benzene rings is 1. The predicted molar refractivity (Wildman–Crippen MR) is 122 cm³/mol. The van der Waals surface area contributed by atoms with Gasteiger partial charge >= 0.3 is 0 Å². The number of aromatic nitrogens is 2. The van der Waals surface area contributed by atoms with Crippen molar-refractivity contribution in [3.8, 4) is 0 Å². The summed E-state index contributed by atoms with van der Waals surface area (Å²) >= 11 is 1.63. The molecule has 1 aromatic carbocycles. The fourth-order valence-corrected chi connectivity index (χ4v) is 5.53. The van der Waals surface area contributed by atoms with Crippen LogP contribution in [0.15, 0.2) is 29.1 Å². The lowest BCUT2D eigenvalue weighted by Gasteiger charge is -2.33. The number of carbonyl (C=O) groups excluding carboxylic acids is 1.